The molecule has 1 unspecified atom stereocenters. The van der Waals surface area contributed by atoms with Crippen LogP contribution in [0.15, 0.2) is 24.4 Å². The molecule has 0 saturated heterocycles. The maximum Gasteiger partial charge on any atom is 0.329 e. The molecule has 21 heavy (non-hydrogen) atoms. The minimum absolute atomic E-state index is 0.0868. The number of hydrogen-bond donors (Lipinski definition) is 1. The maximum atomic E-state index is 11.9. The van der Waals surface area contributed by atoms with Crippen molar-refractivity contribution in [3.8, 4) is 0 Å². The molecular weight excluding hydrogens is 296 g/mol. The van der Waals surface area contributed by atoms with Gasteiger partial charge in [-0.15, -0.1) is 11.8 Å². The lowest BCUT2D eigenvalue weighted by molar-refractivity contribution is -0.142. The molecule has 1 N–H and O–H groups in total. The van der Waals surface area contributed by atoms with Gasteiger partial charge in [0.25, 0.3) is 5.91 Å². The highest BCUT2D eigenvalue weighted by atomic mass is 32.2. The van der Waals surface area contributed by atoms with Crippen molar-refractivity contribution in [3.63, 3.8) is 0 Å². The summed E-state index contributed by atoms with van der Waals surface area (Å²) in [4.78, 5) is 38.5. The van der Waals surface area contributed by atoms with E-state index in [9.17, 15) is 14.4 Å². The van der Waals surface area contributed by atoms with Crippen LogP contribution in [-0.4, -0.2) is 54.6 Å². The third kappa shape index (κ3) is 5.82. The van der Waals surface area contributed by atoms with Crippen molar-refractivity contribution in [3.05, 3.63) is 30.1 Å². The van der Waals surface area contributed by atoms with E-state index < -0.39 is 23.9 Å². The number of methoxy groups -OCH3 is 2. The molecule has 0 radical (unpaired) electrons. The number of thioether (sulfide) groups is 1. The molecule has 8 heteroatoms. The number of nitrogens with zero attached hydrogens (tertiary/aromatic N) is 1. The van der Waals surface area contributed by atoms with Gasteiger partial charge in [-0.3, -0.25) is 14.6 Å². The van der Waals surface area contributed by atoms with Crippen molar-refractivity contribution in [2.45, 2.75) is 6.04 Å². The van der Waals surface area contributed by atoms with Gasteiger partial charge >= 0.3 is 11.9 Å². The highest BCUT2D eigenvalue weighted by Gasteiger charge is 2.23. The fourth-order valence-corrected chi connectivity index (χ4v) is 2.22. The summed E-state index contributed by atoms with van der Waals surface area (Å²) in [5.41, 5.74) is 0.198. The minimum atomic E-state index is -0.862. The molecule has 0 aliphatic carbocycles. The Morgan fingerprint density at radius 3 is 2.62 bits per heavy atom. The second-order valence-electron chi connectivity index (χ2n) is 3.86. The topological polar surface area (TPSA) is 94.6 Å². The van der Waals surface area contributed by atoms with Crippen molar-refractivity contribution in [2.75, 3.05) is 25.7 Å². The molecule has 0 aliphatic heterocycles. The average molecular weight is 312 g/mol. The maximum absolute atomic E-state index is 11.9. The number of nitrogens with one attached hydrogen (secondary N) is 1. The SMILES string of the molecule is COC(=O)CSCC(NC(=O)c1ccccn1)C(=O)OC. The summed E-state index contributed by atoms with van der Waals surface area (Å²) in [6.07, 6.45) is 1.48. The van der Waals surface area contributed by atoms with Crippen LogP contribution in [-0.2, 0) is 19.1 Å². The zero-order valence-electron chi connectivity index (χ0n) is 11.7. The molecule has 0 saturated carbocycles. The van der Waals surface area contributed by atoms with Crippen molar-refractivity contribution in [1.82, 2.24) is 10.3 Å². The van der Waals surface area contributed by atoms with E-state index in [1.807, 2.05) is 0 Å². The van der Waals surface area contributed by atoms with Gasteiger partial charge in [0.15, 0.2) is 0 Å². The Balaban J connectivity index is 2.60. The molecule has 1 atom stereocenters. The molecule has 7 nitrogen and oxygen atoms in total. The number of carbonyl (C=O) groups is 3. The van der Waals surface area contributed by atoms with Gasteiger partial charge in [0.2, 0.25) is 0 Å². The van der Waals surface area contributed by atoms with Crippen LogP contribution in [0.4, 0.5) is 0 Å². The molecule has 1 aromatic rings. The minimum Gasteiger partial charge on any atom is -0.468 e. The summed E-state index contributed by atoms with van der Waals surface area (Å²) in [5, 5.41) is 2.53. The van der Waals surface area contributed by atoms with Crippen LogP contribution in [0.3, 0.4) is 0 Å². The Morgan fingerprint density at radius 1 is 1.29 bits per heavy atom. The number of esters is 2. The molecular formula is C13H16N2O5S. The molecule has 114 valence electrons. The number of pyridine rings is 1. The monoisotopic (exact) mass is 312 g/mol. The van der Waals surface area contributed by atoms with Crippen LogP contribution < -0.4 is 5.32 Å². The molecule has 1 amide bonds. The fourth-order valence-electron chi connectivity index (χ4n) is 1.36. The van der Waals surface area contributed by atoms with E-state index in [-0.39, 0.29) is 17.2 Å². The molecule has 0 aliphatic rings. The highest BCUT2D eigenvalue weighted by Crippen LogP contribution is 2.06. The first-order chi connectivity index (χ1) is 10.1. The number of hydrogen-bond acceptors (Lipinski definition) is 7. The Kier molecular flexibility index (Phi) is 7.24. The van der Waals surface area contributed by atoms with Crippen molar-refractivity contribution < 1.29 is 23.9 Å². The Labute approximate surface area is 126 Å². The third-order valence-corrected chi connectivity index (χ3v) is 3.43. The summed E-state index contributed by atoms with van der Waals surface area (Å²) in [7, 11) is 2.51. The summed E-state index contributed by atoms with van der Waals surface area (Å²) in [5.74, 6) is -1.19. The average Bonchev–Trinajstić information content (AvgIpc) is 2.53. The van der Waals surface area contributed by atoms with Gasteiger partial charge in [-0.25, -0.2) is 4.79 Å². The quantitative estimate of drug-likeness (QED) is 0.722. The zero-order valence-corrected chi connectivity index (χ0v) is 12.5. The highest BCUT2D eigenvalue weighted by molar-refractivity contribution is 8.00. The first-order valence-corrected chi connectivity index (χ1v) is 7.18. The lowest BCUT2D eigenvalue weighted by Crippen LogP contribution is -2.43. The molecule has 0 spiro atoms. The lowest BCUT2D eigenvalue weighted by Gasteiger charge is -2.15. The summed E-state index contributed by atoms with van der Waals surface area (Å²) in [6.45, 7) is 0. The number of aromatic nitrogens is 1. The number of amides is 1. The van der Waals surface area contributed by atoms with Gasteiger partial charge in [0, 0.05) is 11.9 Å². The summed E-state index contributed by atoms with van der Waals surface area (Å²) in [6, 6.07) is 4.02. The second kappa shape index (κ2) is 8.96. The van der Waals surface area contributed by atoms with Crippen LogP contribution in [0, 0.1) is 0 Å². The number of rotatable bonds is 7. The second-order valence-corrected chi connectivity index (χ2v) is 4.89. The Morgan fingerprint density at radius 2 is 2.05 bits per heavy atom. The molecule has 1 heterocycles. The largest absolute Gasteiger partial charge is 0.468 e. The van der Waals surface area contributed by atoms with Gasteiger partial charge in [0.1, 0.15) is 11.7 Å². The van der Waals surface area contributed by atoms with Crippen LogP contribution in [0.1, 0.15) is 10.5 Å². The van der Waals surface area contributed by atoms with Crippen LogP contribution >= 0.6 is 11.8 Å². The number of ether oxygens (including phenoxy) is 2. The van der Waals surface area contributed by atoms with E-state index in [1.165, 1.54) is 26.5 Å². The first-order valence-electron chi connectivity index (χ1n) is 6.02. The van der Waals surface area contributed by atoms with Gasteiger partial charge < -0.3 is 14.8 Å². The van der Waals surface area contributed by atoms with E-state index in [0.717, 1.165) is 11.8 Å². The Hall–Kier alpha value is -2.09. The molecule has 0 aromatic carbocycles. The predicted molar refractivity (Wildman–Crippen MR) is 76.8 cm³/mol. The zero-order chi connectivity index (χ0) is 15.7. The van der Waals surface area contributed by atoms with Crippen molar-refractivity contribution >= 4 is 29.6 Å². The van der Waals surface area contributed by atoms with Crippen LogP contribution in [0.2, 0.25) is 0 Å². The van der Waals surface area contributed by atoms with Gasteiger partial charge in [0.05, 0.1) is 20.0 Å². The van der Waals surface area contributed by atoms with Gasteiger partial charge in [-0.2, -0.15) is 0 Å². The molecule has 1 rings (SSSR count). The number of carbonyl (C=O) groups excluding carboxylic acids is 3. The van der Waals surface area contributed by atoms with E-state index in [1.54, 1.807) is 12.1 Å². The van der Waals surface area contributed by atoms with Crippen LogP contribution in [0.5, 0.6) is 0 Å². The normalized spacial score (nSPS) is 11.3. The molecule has 0 bridgehead atoms. The van der Waals surface area contributed by atoms with E-state index in [0.29, 0.717) is 0 Å². The summed E-state index contributed by atoms with van der Waals surface area (Å²) >= 11 is 1.16. The van der Waals surface area contributed by atoms with Crippen LogP contribution in [0.25, 0.3) is 0 Å². The fraction of sp³-hybridized carbons (Fsp3) is 0.385. The summed E-state index contributed by atoms with van der Waals surface area (Å²) < 4.78 is 9.13. The smallest absolute Gasteiger partial charge is 0.329 e. The van der Waals surface area contributed by atoms with Gasteiger partial charge in [-0.05, 0) is 12.1 Å². The van der Waals surface area contributed by atoms with Crippen molar-refractivity contribution in [2.24, 2.45) is 0 Å². The molecule has 1 aromatic heterocycles. The standard InChI is InChI=1S/C13H16N2O5S/c1-19-11(16)8-21-7-10(13(18)20-2)15-12(17)9-5-3-4-6-14-9/h3-6,10H,7-8H2,1-2H3,(H,15,17). The van der Waals surface area contributed by atoms with E-state index in [4.69, 9.17) is 0 Å². The third-order valence-electron chi connectivity index (χ3n) is 2.42. The molecule has 0 fully saturated rings. The first kappa shape index (κ1) is 17.0. The van der Waals surface area contributed by atoms with Crippen molar-refractivity contribution in [1.29, 1.82) is 0 Å². The van der Waals surface area contributed by atoms with E-state index >= 15 is 0 Å². The van der Waals surface area contributed by atoms with Gasteiger partial charge in [-0.1, -0.05) is 6.07 Å². The lowest BCUT2D eigenvalue weighted by atomic mass is 10.3. The van der Waals surface area contributed by atoms with E-state index in [2.05, 4.69) is 19.8 Å². The Bertz CT molecular complexity index is 495. The predicted octanol–water partition coefficient (Wildman–Crippen LogP) is 0.259.